The maximum absolute atomic E-state index is 12.4. The molecule has 1 aliphatic heterocycles. The Morgan fingerprint density at radius 3 is 2.78 bits per heavy atom. The Bertz CT molecular complexity index is 542. The Balaban J connectivity index is 2.31. The molecule has 2 rings (SSSR count). The third kappa shape index (κ3) is 2.47. The van der Waals surface area contributed by atoms with Crippen LogP contribution >= 0.6 is 0 Å². The van der Waals surface area contributed by atoms with Crippen molar-refractivity contribution in [2.24, 2.45) is 11.3 Å². The normalized spacial score (nSPS) is 19.9. The molecule has 3 N–H and O–H groups in total. The lowest BCUT2D eigenvalue weighted by Crippen LogP contribution is -2.30. The smallest absolute Gasteiger partial charge is 0.243 e. The van der Waals surface area contributed by atoms with E-state index in [1.165, 1.54) is 22.6 Å². The molecule has 0 atom stereocenters. The van der Waals surface area contributed by atoms with Crippen LogP contribution in [0.3, 0.4) is 0 Å². The molecule has 0 unspecified atom stereocenters. The summed E-state index contributed by atoms with van der Waals surface area (Å²) in [5, 5.41) is 0. The van der Waals surface area contributed by atoms with Gasteiger partial charge in [0.15, 0.2) is 0 Å². The fourth-order valence-electron chi connectivity index (χ4n) is 2.07. The van der Waals surface area contributed by atoms with E-state index in [0.717, 1.165) is 6.42 Å². The van der Waals surface area contributed by atoms with Crippen LogP contribution in [0, 0.1) is 5.41 Å². The fourth-order valence-corrected chi connectivity index (χ4v) is 3.71. The zero-order valence-electron chi connectivity index (χ0n) is 10.5. The number of nitrogen functional groups attached to an aromatic ring is 1. The SMILES string of the molecule is CC1(C)CCN(S(=O)(=O)c2ccnc(NN)c2)C1. The average molecular weight is 270 g/mol. The molecule has 0 spiro atoms. The highest BCUT2D eigenvalue weighted by molar-refractivity contribution is 7.89. The molecule has 1 aromatic heterocycles. The second kappa shape index (κ2) is 4.49. The van der Waals surface area contributed by atoms with Crippen LogP contribution in [0.2, 0.25) is 0 Å². The Kier molecular flexibility index (Phi) is 3.31. The van der Waals surface area contributed by atoms with E-state index in [4.69, 9.17) is 5.84 Å². The minimum Gasteiger partial charge on any atom is -0.308 e. The molecular formula is C11H18N4O2S. The van der Waals surface area contributed by atoms with Gasteiger partial charge in [-0.15, -0.1) is 0 Å². The lowest BCUT2D eigenvalue weighted by atomic mass is 9.93. The number of hydrogen-bond acceptors (Lipinski definition) is 5. The summed E-state index contributed by atoms with van der Waals surface area (Å²) < 4.78 is 26.4. The number of pyridine rings is 1. The van der Waals surface area contributed by atoms with Crippen LogP contribution in [0.25, 0.3) is 0 Å². The number of hydrogen-bond donors (Lipinski definition) is 2. The van der Waals surface area contributed by atoms with Crippen LogP contribution in [-0.2, 0) is 10.0 Å². The molecule has 2 heterocycles. The molecule has 0 aliphatic carbocycles. The Morgan fingerprint density at radius 2 is 2.22 bits per heavy atom. The van der Waals surface area contributed by atoms with Gasteiger partial charge in [-0.25, -0.2) is 19.2 Å². The molecule has 6 nitrogen and oxygen atoms in total. The van der Waals surface area contributed by atoms with Crippen LogP contribution in [0.1, 0.15) is 20.3 Å². The first kappa shape index (κ1) is 13.3. The molecule has 0 aromatic carbocycles. The maximum Gasteiger partial charge on any atom is 0.243 e. The highest BCUT2D eigenvalue weighted by Crippen LogP contribution is 2.32. The maximum atomic E-state index is 12.4. The van der Waals surface area contributed by atoms with Crippen LogP contribution in [-0.4, -0.2) is 30.8 Å². The molecule has 0 saturated carbocycles. The van der Waals surface area contributed by atoms with E-state index in [1.807, 2.05) is 0 Å². The second-order valence-electron chi connectivity index (χ2n) is 5.27. The van der Waals surface area contributed by atoms with Crippen molar-refractivity contribution in [3.05, 3.63) is 18.3 Å². The van der Waals surface area contributed by atoms with Gasteiger partial charge in [0.2, 0.25) is 10.0 Å². The van der Waals surface area contributed by atoms with Crippen molar-refractivity contribution in [1.82, 2.24) is 9.29 Å². The first-order chi connectivity index (χ1) is 8.35. The van der Waals surface area contributed by atoms with Crippen molar-refractivity contribution in [3.8, 4) is 0 Å². The molecule has 100 valence electrons. The predicted octanol–water partition coefficient (Wildman–Crippen LogP) is 0.788. The van der Waals surface area contributed by atoms with Gasteiger partial charge in [0.1, 0.15) is 5.82 Å². The topological polar surface area (TPSA) is 88.3 Å². The third-order valence-electron chi connectivity index (χ3n) is 3.16. The lowest BCUT2D eigenvalue weighted by Gasteiger charge is -2.19. The van der Waals surface area contributed by atoms with E-state index in [-0.39, 0.29) is 10.3 Å². The summed E-state index contributed by atoms with van der Waals surface area (Å²) in [6, 6.07) is 2.93. The van der Waals surface area contributed by atoms with Gasteiger partial charge in [-0.05, 0) is 17.9 Å². The van der Waals surface area contributed by atoms with E-state index in [2.05, 4.69) is 24.3 Å². The first-order valence-electron chi connectivity index (χ1n) is 5.78. The van der Waals surface area contributed by atoms with Gasteiger partial charge in [-0.1, -0.05) is 13.8 Å². The van der Waals surface area contributed by atoms with Crippen LogP contribution in [0.5, 0.6) is 0 Å². The molecular weight excluding hydrogens is 252 g/mol. The van der Waals surface area contributed by atoms with Crippen LogP contribution in [0.4, 0.5) is 5.82 Å². The number of rotatable bonds is 3. The van der Waals surface area contributed by atoms with Gasteiger partial charge in [0.05, 0.1) is 4.90 Å². The van der Waals surface area contributed by atoms with Crippen molar-refractivity contribution < 1.29 is 8.42 Å². The second-order valence-corrected chi connectivity index (χ2v) is 7.21. The number of anilines is 1. The van der Waals surface area contributed by atoms with Crippen molar-refractivity contribution in [2.45, 2.75) is 25.2 Å². The van der Waals surface area contributed by atoms with E-state index < -0.39 is 10.0 Å². The standard InChI is InChI=1S/C11H18N4O2S/c1-11(2)4-6-15(8-11)18(16,17)9-3-5-13-10(7-9)14-12/h3,5,7H,4,6,8,12H2,1-2H3,(H,13,14). The molecule has 7 heteroatoms. The summed E-state index contributed by atoms with van der Waals surface area (Å²) in [5.74, 6) is 5.58. The number of hydrazine groups is 1. The van der Waals surface area contributed by atoms with Gasteiger partial charge in [0, 0.05) is 25.4 Å². The lowest BCUT2D eigenvalue weighted by molar-refractivity contribution is 0.375. The van der Waals surface area contributed by atoms with E-state index in [9.17, 15) is 8.42 Å². The van der Waals surface area contributed by atoms with Gasteiger partial charge in [-0.2, -0.15) is 4.31 Å². The molecule has 1 aromatic rings. The Morgan fingerprint density at radius 1 is 1.50 bits per heavy atom. The minimum absolute atomic E-state index is 0.0368. The van der Waals surface area contributed by atoms with E-state index in [0.29, 0.717) is 18.9 Å². The van der Waals surface area contributed by atoms with E-state index in [1.54, 1.807) is 0 Å². The minimum atomic E-state index is -3.44. The molecule has 1 saturated heterocycles. The van der Waals surface area contributed by atoms with Gasteiger partial charge >= 0.3 is 0 Å². The van der Waals surface area contributed by atoms with Crippen molar-refractivity contribution in [2.75, 3.05) is 18.5 Å². The highest BCUT2D eigenvalue weighted by Gasteiger charge is 2.36. The van der Waals surface area contributed by atoms with Crippen molar-refractivity contribution in [3.63, 3.8) is 0 Å². The van der Waals surface area contributed by atoms with Crippen LogP contribution < -0.4 is 11.3 Å². The summed E-state index contributed by atoms with van der Waals surface area (Å²) in [5.41, 5.74) is 2.39. The van der Waals surface area contributed by atoms with Gasteiger partial charge in [-0.3, -0.25) is 0 Å². The molecule has 0 bridgehead atoms. The van der Waals surface area contributed by atoms with Gasteiger partial charge in [0.25, 0.3) is 0 Å². The summed E-state index contributed by atoms with van der Waals surface area (Å²) >= 11 is 0. The summed E-state index contributed by atoms with van der Waals surface area (Å²) in [6.07, 6.45) is 2.31. The zero-order valence-corrected chi connectivity index (χ0v) is 11.4. The summed E-state index contributed by atoms with van der Waals surface area (Å²) in [6.45, 7) is 5.25. The molecule has 0 radical (unpaired) electrons. The van der Waals surface area contributed by atoms with Gasteiger partial charge < -0.3 is 5.43 Å². The molecule has 1 aliphatic rings. The fraction of sp³-hybridized carbons (Fsp3) is 0.545. The number of sulfonamides is 1. The first-order valence-corrected chi connectivity index (χ1v) is 7.22. The quantitative estimate of drug-likeness (QED) is 0.626. The monoisotopic (exact) mass is 270 g/mol. The average Bonchev–Trinajstić information content (AvgIpc) is 2.70. The zero-order chi connectivity index (χ0) is 13.4. The third-order valence-corrected chi connectivity index (χ3v) is 5.00. The summed E-state index contributed by atoms with van der Waals surface area (Å²) in [7, 11) is -3.44. The number of nitrogens with two attached hydrogens (primary N) is 1. The predicted molar refractivity (Wildman–Crippen MR) is 69.2 cm³/mol. The highest BCUT2D eigenvalue weighted by atomic mass is 32.2. The Hall–Kier alpha value is -1.18. The number of nitrogens with zero attached hydrogens (tertiary/aromatic N) is 2. The Labute approximate surface area is 107 Å². The molecule has 18 heavy (non-hydrogen) atoms. The van der Waals surface area contributed by atoms with E-state index >= 15 is 0 Å². The van der Waals surface area contributed by atoms with Crippen LogP contribution in [0.15, 0.2) is 23.2 Å². The number of nitrogens with one attached hydrogen (secondary N) is 1. The number of aromatic nitrogens is 1. The van der Waals surface area contributed by atoms with Crippen molar-refractivity contribution >= 4 is 15.8 Å². The van der Waals surface area contributed by atoms with Crippen molar-refractivity contribution in [1.29, 1.82) is 0 Å². The summed E-state index contributed by atoms with van der Waals surface area (Å²) in [4.78, 5) is 4.13. The molecule has 1 fully saturated rings. The molecule has 0 amide bonds. The largest absolute Gasteiger partial charge is 0.308 e.